The largest absolute Gasteiger partial charge is 0.383 e. The van der Waals surface area contributed by atoms with Crippen molar-refractivity contribution in [2.45, 2.75) is 102 Å². The summed E-state index contributed by atoms with van der Waals surface area (Å²) >= 11 is 0. The predicted molar refractivity (Wildman–Crippen MR) is 216 cm³/mol. The second-order valence-corrected chi connectivity index (χ2v) is 16.4. The number of carbonyl (C=O) groups is 2. The third-order valence-corrected chi connectivity index (χ3v) is 12.7. The fourth-order valence-corrected chi connectivity index (χ4v) is 9.39. The average molecular weight is 749 g/mol. The number of anilines is 3. The number of nitrogens with zero attached hydrogens (tertiary/aromatic N) is 6. The van der Waals surface area contributed by atoms with E-state index >= 15 is 0 Å². The lowest BCUT2D eigenvalue weighted by atomic mass is 9.73. The number of piperidine rings is 2. The van der Waals surface area contributed by atoms with Crippen LogP contribution in [0.2, 0.25) is 0 Å². The number of hydrogen-bond acceptors (Lipinski definition) is 9. The van der Waals surface area contributed by atoms with E-state index in [1.807, 2.05) is 42.4 Å². The zero-order valence-electron chi connectivity index (χ0n) is 33.0. The van der Waals surface area contributed by atoms with Crippen molar-refractivity contribution in [1.82, 2.24) is 29.7 Å². The molecular weight excluding hydrogens is 693 g/mol. The van der Waals surface area contributed by atoms with Crippen LogP contribution < -0.4 is 15.5 Å². The van der Waals surface area contributed by atoms with Crippen LogP contribution >= 0.6 is 0 Å². The lowest BCUT2D eigenvalue weighted by molar-refractivity contribution is -0.134. The molecule has 1 atom stereocenters. The zero-order chi connectivity index (χ0) is 38.4. The molecule has 12 nitrogen and oxygen atoms in total. The van der Waals surface area contributed by atoms with E-state index in [1.165, 1.54) is 19.3 Å². The number of aryl methyl sites for hydroxylation is 1. The van der Waals surface area contributed by atoms with Crippen LogP contribution in [0, 0.1) is 6.92 Å². The van der Waals surface area contributed by atoms with Crippen LogP contribution in [0.1, 0.15) is 94.7 Å². The van der Waals surface area contributed by atoms with E-state index < -0.39 is 11.6 Å². The smallest absolute Gasteiger partial charge is 0.238 e. The highest BCUT2D eigenvalue weighted by molar-refractivity contribution is 6.09. The first kappa shape index (κ1) is 37.6. The van der Waals surface area contributed by atoms with Gasteiger partial charge in [0, 0.05) is 74.3 Å². The van der Waals surface area contributed by atoms with Crippen molar-refractivity contribution in [3.63, 3.8) is 0 Å². The Labute approximate surface area is 324 Å². The van der Waals surface area contributed by atoms with Crippen molar-refractivity contribution in [3.8, 4) is 11.3 Å². The molecule has 3 N–H and O–H groups in total. The summed E-state index contributed by atoms with van der Waals surface area (Å²) in [5.41, 5.74) is 7.39. The molecule has 3 aliphatic heterocycles. The fraction of sp³-hybridized carbons (Fsp3) is 0.535. The molecule has 8 rings (SSSR count). The van der Waals surface area contributed by atoms with Crippen molar-refractivity contribution < 1.29 is 19.4 Å². The quantitative estimate of drug-likeness (QED) is 0.121. The van der Waals surface area contributed by atoms with E-state index in [-0.39, 0.29) is 23.9 Å². The fourth-order valence-electron chi connectivity index (χ4n) is 9.39. The third-order valence-electron chi connectivity index (χ3n) is 12.7. The molecule has 1 aliphatic carbocycles. The second-order valence-electron chi connectivity index (χ2n) is 16.4. The Balaban J connectivity index is 1.16. The standard InChI is InChI=1S/C43H56N8O4/c1-27(2)50-26-45-37-25-36(47-40(39(37)50)46-31-11-9-28(3)34(22-31)41(53)44-15-20-55-5)30-10-12-35-38(21-30)51(33-23-32(24-33)49-16-7-6-8-17-49)42(54)43(35)13-18-48(19-14-43)29(4)52/h9-12,21-22,25-27,32-33,41,44,53H,6-8,13-20,23-24H2,1-5H3,(H,46,47)/t32-,33+,41?. The minimum absolute atomic E-state index is 0.0682. The number of imidazole rings is 1. The Kier molecular flexibility index (Phi) is 10.4. The number of aliphatic hydroxyl groups is 1. The van der Waals surface area contributed by atoms with E-state index in [0.29, 0.717) is 50.9 Å². The Hall–Kier alpha value is -4.36. The molecule has 2 aromatic heterocycles. The molecule has 12 heteroatoms. The summed E-state index contributed by atoms with van der Waals surface area (Å²) in [6.07, 6.45) is 8.10. The van der Waals surface area contributed by atoms with Crippen molar-refractivity contribution in [1.29, 1.82) is 0 Å². The first-order chi connectivity index (χ1) is 26.6. The van der Waals surface area contributed by atoms with E-state index in [1.54, 1.807) is 14.0 Å². The van der Waals surface area contributed by atoms with Crippen molar-refractivity contribution >= 4 is 40.0 Å². The van der Waals surface area contributed by atoms with Gasteiger partial charge in [-0.2, -0.15) is 0 Å². The summed E-state index contributed by atoms with van der Waals surface area (Å²) in [4.78, 5) is 43.9. The minimum atomic E-state index is -0.849. The number of pyridine rings is 1. The van der Waals surface area contributed by atoms with Crippen molar-refractivity contribution in [2.75, 3.05) is 56.7 Å². The molecule has 3 fully saturated rings. The van der Waals surface area contributed by atoms with Gasteiger partial charge >= 0.3 is 0 Å². The lowest BCUT2D eigenvalue weighted by Gasteiger charge is -2.48. The maximum absolute atomic E-state index is 14.8. The van der Waals surface area contributed by atoms with Gasteiger partial charge in [-0.15, -0.1) is 0 Å². The third kappa shape index (κ3) is 6.92. The molecule has 2 saturated heterocycles. The summed E-state index contributed by atoms with van der Waals surface area (Å²) in [6.45, 7) is 12.4. The van der Waals surface area contributed by atoms with Gasteiger partial charge in [-0.1, -0.05) is 24.6 Å². The number of rotatable bonds is 11. The molecule has 4 aromatic rings. The summed E-state index contributed by atoms with van der Waals surface area (Å²) in [5, 5.41) is 17.7. The monoisotopic (exact) mass is 748 g/mol. The van der Waals surface area contributed by atoms with E-state index in [0.717, 1.165) is 76.3 Å². The number of aliphatic hydroxyl groups excluding tert-OH is 1. The number of ether oxygens (including phenoxy) is 1. The van der Waals surface area contributed by atoms with Crippen molar-refractivity contribution in [3.05, 3.63) is 65.5 Å². The lowest BCUT2D eigenvalue weighted by Crippen LogP contribution is -2.58. The molecule has 292 valence electrons. The Morgan fingerprint density at radius 1 is 1.02 bits per heavy atom. The summed E-state index contributed by atoms with van der Waals surface area (Å²) in [5.74, 6) is 0.930. The SMILES string of the molecule is COCCNC(O)c1cc(Nc2nc(-c3ccc4c(c3)N([C@H]3C[C@@H](N5CCCCC5)C3)C(=O)C43CCN(C(C)=O)CC3)cc3ncn(C(C)C)c23)ccc1C. The Bertz CT molecular complexity index is 2060. The number of hydrogen-bond donors (Lipinski definition) is 3. The maximum atomic E-state index is 14.8. The number of nitrogens with one attached hydrogen (secondary N) is 2. The summed E-state index contributed by atoms with van der Waals surface area (Å²) in [7, 11) is 1.64. The second kappa shape index (κ2) is 15.3. The van der Waals surface area contributed by atoms with Gasteiger partial charge < -0.3 is 34.4 Å². The Morgan fingerprint density at radius 3 is 2.49 bits per heavy atom. The van der Waals surface area contributed by atoms with Crippen LogP contribution in [0.25, 0.3) is 22.3 Å². The highest BCUT2D eigenvalue weighted by Gasteiger charge is 2.55. The van der Waals surface area contributed by atoms with Crippen LogP contribution in [-0.4, -0.2) is 99.8 Å². The summed E-state index contributed by atoms with van der Waals surface area (Å²) < 4.78 is 7.29. The highest BCUT2D eigenvalue weighted by Crippen LogP contribution is 2.52. The van der Waals surface area contributed by atoms with Crippen molar-refractivity contribution in [2.24, 2.45) is 0 Å². The molecule has 0 bridgehead atoms. The predicted octanol–water partition coefficient (Wildman–Crippen LogP) is 6.20. The molecular formula is C43H56N8O4. The van der Waals surface area contributed by atoms with Crippen LogP contribution in [0.15, 0.2) is 48.8 Å². The number of methoxy groups -OCH3 is 1. The first-order valence-electron chi connectivity index (χ1n) is 20.2. The Morgan fingerprint density at radius 2 is 1.78 bits per heavy atom. The molecule has 1 unspecified atom stereocenters. The topological polar surface area (TPSA) is 128 Å². The van der Waals surface area contributed by atoms with E-state index in [4.69, 9.17) is 14.7 Å². The van der Waals surface area contributed by atoms with Gasteiger partial charge in [0.05, 0.1) is 29.6 Å². The molecule has 1 spiro atoms. The van der Waals surface area contributed by atoms with Gasteiger partial charge in [0.2, 0.25) is 11.8 Å². The number of fused-ring (bicyclic) bond motifs is 3. The van der Waals surface area contributed by atoms with Crippen LogP contribution in [0.5, 0.6) is 0 Å². The van der Waals surface area contributed by atoms with Crippen LogP contribution in [0.3, 0.4) is 0 Å². The molecule has 2 amide bonds. The van der Waals surface area contributed by atoms with Gasteiger partial charge in [0.25, 0.3) is 0 Å². The average Bonchev–Trinajstić information content (AvgIpc) is 3.70. The minimum Gasteiger partial charge on any atom is -0.383 e. The van der Waals surface area contributed by atoms with Gasteiger partial charge in [0.15, 0.2) is 5.82 Å². The first-order valence-corrected chi connectivity index (χ1v) is 20.2. The van der Waals surface area contributed by atoms with E-state index in [9.17, 15) is 14.7 Å². The molecule has 55 heavy (non-hydrogen) atoms. The molecule has 0 radical (unpaired) electrons. The highest BCUT2D eigenvalue weighted by atomic mass is 16.5. The number of likely N-dealkylation sites (tertiary alicyclic amines) is 2. The molecule has 1 saturated carbocycles. The molecule has 4 aliphatic rings. The van der Waals surface area contributed by atoms with Gasteiger partial charge in [-0.05, 0) is 108 Å². The number of aromatic nitrogens is 3. The molecule has 5 heterocycles. The van der Waals surface area contributed by atoms with E-state index in [2.05, 4.69) is 57.0 Å². The number of amides is 2. The van der Waals surface area contributed by atoms with Gasteiger partial charge in [0.1, 0.15) is 11.7 Å². The zero-order valence-corrected chi connectivity index (χ0v) is 33.0. The number of carbonyl (C=O) groups excluding carboxylic acids is 2. The number of benzene rings is 2. The van der Waals surface area contributed by atoms with Gasteiger partial charge in [-0.25, -0.2) is 9.97 Å². The van der Waals surface area contributed by atoms with Crippen LogP contribution in [0.4, 0.5) is 17.2 Å². The normalized spacial score (nSPS) is 21.7. The summed E-state index contributed by atoms with van der Waals surface area (Å²) in [6, 6.07) is 15.3. The maximum Gasteiger partial charge on any atom is 0.238 e. The van der Waals surface area contributed by atoms with Crippen LogP contribution in [-0.2, 0) is 19.7 Å². The van der Waals surface area contributed by atoms with Gasteiger partial charge in [-0.3, -0.25) is 14.9 Å². The molecule has 2 aromatic carbocycles.